The third-order valence-electron chi connectivity index (χ3n) is 2.82. The molecular formula is C14H8F4N2O. The fourth-order valence-corrected chi connectivity index (χ4v) is 1.94. The van der Waals surface area contributed by atoms with Crippen LogP contribution in [0.15, 0.2) is 29.1 Å². The van der Waals surface area contributed by atoms with Crippen LogP contribution in [-0.4, -0.2) is 4.98 Å². The smallest absolute Gasteiger partial charge is 0.325 e. The van der Waals surface area contributed by atoms with Gasteiger partial charge in [-0.1, -0.05) is 0 Å². The molecule has 1 heterocycles. The Morgan fingerprint density at radius 2 is 1.86 bits per heavy atom. The van der Waals surface area contributed by atoms with Gasteiger partial charge < -0.3 is 4.98 Å². The molecule has 0 bridgehead atoms. The number of hydrogen-bond acceptors (Lipinski definition) is 2. The number of aromatic amines is 1. The second-order valence-electron chi connectivity index (χ2n) is 4.41. The number of pyridine rings is 1. The zero-order chi connectivity index (χ0) is 15.8. The predicted octanol–water partition coefficient (Wildman–Crippen LogP) is 3.38. The summed E-state index contributed by atoms with van der Waals surface area (Å²) in [5.74, 6) is -1.10. The first-order valence-electron chi connectivity index (χ1n) is 5.74. The standard InChI is InChI=1S/C14H8F4N2O/c1-7-2-11(12(6-19)13(21)20-7)8-3-9(14(16,17)18)5-10(15)4-8/h2-5H,1H3,(H,20,21). The fourth-order valence-electron chi connectivity index (χ4n) is 1.94. The molecular weight excluding hydrogens is 288 g/mol. The molecule has 0 aliphatic rings. The molecule has 3 nitrogen and oxygen atoms in total. The third kappa shape index (κ3) is 2.94. The number of aryl methyl sites for hydroxylation is 1. The lowest BCUT2D eigenvalue weighted by atomic mass is 9.99. The maximum atomic E-state index is 13.4. The summed E-state index contributed by atoms with van der Waals surface area (Å²) in [5.41, 5.74) is -2.13. The van der Waals surface area contributed by atoms with Crippen LogP contribution >= 0.6 is 0 Å². The van der Waals surface area contributed by atoms with E-state index < -0.39 is 23.1 Å². The molecule has 2 aromatic rings. The van der Waals surface area contributed by atoms with Crippen LogP contribution in [-0.2, 0) is 6.18 Å². The monoisotopic (exact) mass is 296 g/mol. The third-order valence-corrected chi connectivity index (χ3v) is 2.82. The molecule has 7 heteroatoms. The van der Waals surface area contributed by atoms with Gasteiger partial charge in [-0.3, -0.25) is 4.79 Å². The van der Waals surface area contributed by atoms with E-state index in [1.54, 1.807) is 6.07 Å². The number of nitrogens with zero attached hydrogens (tertiary/aromatic N) is 1. The van der Waals surface area contributed by atoms with Crippen LogP contribution in [0.4, 0.5) is 17.6 Å². The van der Waals surface area contributed by atoms with Crippen molar-refractivity contribution in [1.82, 2.24) is 4.98 Å². The van der Waals surface area contributed by atoms with Crippen molar-refractivity contribution in [3.63, 3.8) is 0 Å². The van der Waals surface area contributed by atoms with E-state index in [1.807, 2.05) is 0 Å². The van der Waals surface area contributed by atoms with Crippen molar-refractivity contribution in [3.8, 4) is 17.2 Å². The highest BCUT2D eigenvalue weighted by molar-refractivity contribution is 5.71. The molecule has 2 rings (SSSR count). The first kappa shape index (κ1) is 14.8. The molecule has 0 unspecified atom stereocenters. The van der Waals surface area contributed by atoms with Gasteiger partial charge in [0.15, 0.2) is 0 Å². The molecule has 0 saturated carbocycles. The lowest BCUT2D eigenvalue weighted by Gasteiger charge is -2.11. The van der Waals surface area contributed by atoms with Crippen molar-refractivity contribution >= 4 is 0 Å². The number of H-pyrrole nitrogens is 1. The largest absolute Gasteiger partial charge is 0.416 e. The Hall–Kier alpha value is -2.62. The normalized spacial score (nSPS) is 11.2. The summed E-state index contributed by atoms with van der Waals surface area (Å²) in [4.78, 5) is 14.0. The van der Waals surface area contributed by atoms with Gasteiger partial charge in [-0.2, -0.15) is 18.4 Å². The molecule has 0 fully saturated rings. The Morgan fingerprint density at radius 3 is 2.43 bits per heavy atom. The summed E-state index contributed by atoms with van der Waals surface area (Å²) >= 11 is 0. The molecule has 0 radical (unpaired) electrons. The van der Waals surface area contributed by atoms with Crippen molar-refractivity contribution in [2.24, 2.45) is 0 Å². The van der Waals surface area contributed by atoms with Crippen LogP contribution in [0.25, 0.3) is 11.1 Å². The van der Waals surface area contributed by atoms with Gasteiger partial charge in [0.2, 0.25) is 0 Å². The predicted molar refractivity (Wildman–Crippen MR) is 66.9 cm³/mol. The highest BCUT2D eigenvalue weighted by atomic mass is 19.4. The van der Waals surface area contributed by atoms with Crippen molar-refractivity contribution in [3.05, 3.63) is 57.3 Å². The molecule has 0 saturated heterocycles. The van der Waals surface area contributed by atoms with E-state index >= 15 is 0 Å². The highest BCUT2D eigenvalue weighted by Gasteiger charge is 2.31. The topological polar surface area (TPSA) is 56.6 Å². The molecule has 1 aromatic heterocycles. The molecule has 0 spiro atoms. The van der Waals surface area contributed by atoms with E-state index in [-0.39, 0.29) is 16.7 Å². The van der Waals surface area contributed by atoms with Crippen LogP contribution < -0.4 is 5.56 Å². The van der Waals surface area contributed by atoms with Gasteiger partial charge in [0, 0.05) is 11.3 Å². The molecule has 0 atom stereocenters. The lowest BCUT2D eigenvalue weighted by Crippen LogP contribution is -2.13. The van der Waals surface area contributed by atoms with Crippen LogP contribution in [0.1, 0.15) is 16.8 Å². The molecule has 21 heavy (non-hydrogen) atoms. The average Bonchev–Trinajstić information content (AvgIpc) is 2.36. The van der Waals surface area contributed by atoms with E-state index in [0.717, 1.165) is 6.07 Å². The number of nitrogens with one attached hydrogen (secondary N) is 1. The Labute approximate surface area is 116 Å². The van der Waals surface area contributed by atoms with Gasteiger partial charge >= 0.3 is 6.18 Å². The van der Waals surface area contributed by atoms with Gasteiger partial charge in [-0.25, -0.2) is 4.39 Å². The molecule has 0 aliphatic carbocycles. The minimum absolute atomic E-state index is 0.0382. The summed E-state index contributed by atoms with van der Waals surface area (Å²) in [6.45, 7) is 1.51. The van der Waals surface area contributed by atoms with Gasteiger partial charge in [0.1, 0.15) is 17.4 Å². The van der Waals surface area contributed by atoms with Crippen molar-refractivity contribution < 1.29 is 17.6 Å². The minimum atomic E-state index is -4.72. The lowest BCUT2D eigenvalue weighted by molar-refractivity contribution is -0.137. The first-order valence-corrected chi connectivity index (χ1v) is 5.74. The van der Waals surface area contributed by atoms with Crippen LogP contribution in [0.2, 0.25) is 0 Å². The Kier molecular flexibility index (Phi) is 3.56. The van der Waals surface area contributed by atoms with Crippen molar-refractivity contribution in [2.45, 2.75) is 13.1 Å². The Balaban J connectivity index is 2.77. The zero-order valence-electron chi connectivity index (χ0n) is 10.7. The van der Waals surface area contributed by atoms with Crippen LogP contribution in [0, 0.1) is 24.1 Å². The number of nitriles is 1. The van der Waals surface area contributed by atoms with E-state index in [1.165, 1.54) is 13.0 Å². The molecule has 0 aliphatic heterocycles. The van der Waals surface area contributed by atoms with Crippen molar-refractivity contribution in [2.75, 3.05) is 0 Å². The number of halogens is 4. The average molecular weight is 296 g/mol. The molecule has 108 valence electrons. The highest BCUT2D eigenvalue weighted by Crippen LogP contribution is 2.33. The summed E-state index contributed by atoms with van der Waals surface area (Å²) < 4.78 is 51.5. The SMILES string of the molecule is Cc1cc(-c2cc(F)cc(C(F)(F)F)c2)c(C#N)c(=O)[nH]1. The van der Waals surface area contributed by atoms with Crippen LogP contribution in [0.5, 0.6) is 0 Å². The van der Waals surface area contributed by atoms with Gasteiger partial charge in [-0.15, -0.1) is 0 Å². The van der Waals surface area contributed by atoms with Gasteiger partial charge in [-0.05, 0) is 36.8 Å². The molecule has 0 amide bonds. The summed E-state index contributed by atoms with van der Waals surface area (Å²) in [7, 11) is 0. The van der Waals surface area contributed by atoms with E-state index in [9.17, 15) is 22.4 Å². The van der Waals surface area contributed by atoms with E-state index in [0.29, 0.717) is 17.8 Å². The second-order valence-corrected chi connectivity index (χ2v) is 4.41. The second kappa shape index (κ2) is 5.05. The summed E-state index contributed by atoms with van der Waals surface area (Å²) in [5, 5.41) is 8.96. The Bertz CT molecular complexity index is 800. The maximum Gasteiger partial charge on any atom is 0.416 e. The van der Waals surface area contributed by atoms with E-state index in [4.69, 9.17) is 5.26 Å². The number of rotatable bonds is 1. The number of aromatic nitrogens is 1. The van der Waals surface area contributed by atoms with Gasteiger partial charge in [0.05, 0.1) is 5.56 Å². The molecule has 1 N–H and O–H groups in total. The number of benzene rings is 1. The first-order chi connectivity index (χ1) is 9.72. The zero-order valence-corrected chi connectivity index (χ0v) is 10.7. The van der Waals surface area contributed by atoms with Crippen LogP contribution in [0.3, 0.4) is 0 Å². The summed E-state index contributed by atoms with van der Waals surface area (Å²) in [6.07, 6.45) is -4.72. The minimum Gasteiger partial charge on any atom is -0.325 e. The molecule has 1 aromatic carbocycles. The fraction of sp³-hybridized carbons (Fsp3) is 0.143. The number of hydrogen-bond donors (Lipinski definition) is 1. The van der Waals surface area contributed by atoms with E-state index in [2.05, 4.69) is 4.98 Å². The van der Waals surface area contributed by atoms with Gasteiger partial charge in [0.25, 0.3) is 5.56 Å². The maximum absolute atomic E-state index is 13.4. The Morgan fingerprint density at radius 1 is 1.19 bits per heavy atom. The van der Waals surface area contributed by atoms with Crippen molar-refractivity contribution in [1.29, 1.82) is 5.26 Å². The quantitative estimate of drug-likeness (QED) is 0.820. The summed E-state index contributed by atoms with van der Waals surface area (Å²) in [6, 6.07) is 4.86. The number of alkyl halides is 3.